The average molecular weight is 263 g/mol. The Labute approximate surface area is 113 Å². The van der Waals surface area contributed by atoms with Gasteiger partial charge in [-0.2, -0.15) is 0 Å². The molecule has 1 aromatic rings. The van der Waals surface area contributed by atoms with Gasteiger partial charge >= 0.3 is 5.97 Å². The standard InChI is InChI=1S/C15H21NO3/c1-4-15(3,14(18)19)10-16-13(17)9-12-7-5-11(2)6-8-12/h5-8H,4,9-10H2,1-3H3,(H,16,17)(H,18,19). The molecule has 0 radical (unpaired) electrons. The van der Waals surface area contributed by atoms with Crippen LogP contribution in [0, 0.1) is 12.3 Å². The van der Waals surface area contributed by atoms with Crippen LogP contribution >= 0.6 is 0 Å². The highest BCUT2D eigenvalue weighted by Crippen LogP contribution is 2.19. The number of aryl methyl sites for hydroxylation is 1. The van der Waals surface area contributed by atoms with Crippen molar-refractivity contribution in [3.05, 3.63) is 35.4 Å². The minimum Gasteiger partial charge on any atom is -0.481 e. The van der Waals surface area contributed by atoms with Crippen LogP contribution in [0.5, 0.6) is 0 Å². The second kappa shape index (κ2) is 6.36. The molecule has 0 saturated heterocycles. The maximum atomic E-state index is 11.8. The van der Waals surface area contributed by atoms with Crippen molar-refractivity contribution in [2.75, 3.05) is 6.54 Å². The molecule has 0 heterocycles. The highest BCUT2D eigenvalue weighted by Gasteiger charge is 2.31. The molecule has 0 fully saturated rings. The molecule has 0 aromatic heterocycles. The zero-order valence-corrected chi connectivity index (χ0v) is 11.7. The van der Waals surface area contributed by atoms with Gasteiger partial charge in [0.15, 0.2) is 0 Å². The summed E-state index contributed by atoms with van der Waals surface area (Å²) in [7, 11) is 0. The number of carbonyl (C=O) groups is 2. The summed E-state index contributed by atoms with van der Waals surface area (Å²) in [6.07, 6.45) is 0.757. The molecule has 0 aliphatic carbocycles. The Morgan fingerprint density at radius 3 is 2.32 bits per heavy atom. The van der Waals surface area contributed by atoms with Gasteiger partial charge in [-0.3, -0.25) is 9.59 Å². The zero-order valence-electron chi connectivity index (χ0n) is 11.7. The van der Waals surface area contributed by atoms with Crippen LogP contribution in [0.2, 0.25) is 0 Å². The van der Waals surface area contributed by atoms with E-state index in [-0.39, 0.29) is 18.9 Å². The SMILES string of the molecule is CCC(C)(CNC(=O)Cc1ccc(C)cc1)C(=O)O. The van der Waals surface area contributed by atoms with Gasteiger partial charge < -0.3 is 10.4 Å². The van der Waals surface area contributed by atoms with E-state index in [4.69, 9.17) is 5.11 Å². The van der Waals surface area contributed by atoms with Crippen molar-refractivity contribution in [2.24, 2.45) is 5.41 Å². The van der Waals surface area contributed by atoms with Crippen molar-refractivity contribution in [1.29, 1.82) is 0 Å². The molecule has 104 valence electrons. The lowest BCUT2D eigenvalue weighted by atomic mass is 9.87. The molecule has 1 atom stereocenters. The molecule has 1 aromatic carbocycles. The third kappa shape index (κ3) is 4.39. The molecule has 0 spiro atoms. The van der Waals surface area contributed by atoms with E-state index in [0.29, 0.717) is 6.42 Å². The summed E-state index contributed by atoms with van der Waals surface area (Å²) in [5, 5.41) is 11.8. The van der Waals surface area contributed by atoms with Gasteiger partial charge in [0.25, 0.3) is 0 Å². The number of hydrogen-bond acceptors (Lipinski definition) is 2. The Morgan fingerprint density at radius 2 is 1.84 bits per heavy atom. The summed E-state index contributed by atoms with van der Waals surface area (Å²) in [5.74, 6) is -1.03. The number of carbonyl (C=O) groups excluding carboxylic acids is 1. The molecule has 0 bridgehead atoms. The molecule has 4 nitrogen and oxygen atoms in total. The third-order valence-corrected chi connectivity index (χ3v) is 3.46. The lowest BCUT2D eigenvalue weighted by Crippen LogP contribution is -2.41. The second-order valence-corrected chi connectivity index (χ2v) is 5.16. The number of carboxylic acids is 1. The van der Waals surface area contributed by atoms with E-state index >= 15 is 0 Å². The first-order chi connectivity index (χ1) is 8.87. The van der Waals surface area contributed by atoms with Crippen molar-refractivity contribution in [1.82, 2.24) is 5.32 Å². The third-order valence-electron chi connectivity index (χ3n) is 3.46. The van der Waals surface area contributed by atoms with Gasteiger partial charge in [-0.1, -0.05) is 36.8 Å². The number of hydrogen-bond donors (Lipinski definition) is 2. The van der Waals surface area contributed by atoms with Crippen LogP contribution < -0.4 is 5.32 Å². The maximum absolute atomic E-state index is 11.8. The fraction of sp³-hybridized carbons (Fsp3) is 0.467. The molecular formula is C15H21NO3. The van der Waals surface area contributed by atoms with E-state index in [1.807, 2.05) is 31.2 Å². The Balaban J connectivity index is 2.52. The van der Waals surface area contributed by atoms with E-state index in [0.717, 1.165) is 11.1 Å². The van der Waals surface area contributed by atoms with Crippen molar-refractivity contribution < 1.29 is 14.7 Å². The van der Waals surface area contributed by atoms with Gasteiger partial charge in [0.05, 0.1) is 11.8 Å². The largest absolute Gasteiger partial charge is 0.481 e. The van der Waals surface area contributed by atoms with Crippen LogP contribution in [0.3, 0.4) is 0 Å². The summed E-state index contributed by atoms with van der Waals surface area (Å²) >= 11 is 0. The van der Waals surface area contributed by atoms with Gasteiger partial charge in [0, 0.05) is 6.54 Å². The molecule has 0 saturated carbocycles. The first-order valence-corrected chi connectivity index (χ1v) is 6.43. The predicted molar refractivity (Wildman–Crippen MR) is 73.9 cm³/mol. The van der Waals surface area contributed by atoms with Gasteiger partial charge in [-0.05, 0) is 25.8 Å². The smallest absolute Gasteiger partial charge is 0.311 e. The molecular weight excluding hydrogens is 242 g/mol. The van der Waals surface area contributed by atoms with Gasteiger partial charge in [-0.15, -0.1) is 0 Å². The Hall–Kier alpha value is -1.84. The van der Waals surface area contributed by atoms with Crippen LogP contribution in [0.25, 0.3) is 0 Å². The minimum atomic E-state index is -0.900. The monoisotopic (exact) mass is 263 g/mol. The maximum Gasteiger partial charge on any atom is 0.311 e. The summed E-state index contributed by atoms with van der Waals surface area (Å²) in [6, 6.07) is 7.72. The minimum absolute atomic E-state index is 0.148. The molecule has 19 heavy (non-hydrogen) atoms. The summed E-state index contributed by atoms with van der Waals surface area (Å²) in [4.78, 5) is 22.9. The molecule has 2 N–H and O–H groups in total. The first-order valence-electron chi connectivity index (χ1n) is 6.43. The molecule has 1 amide bonds. The summed E-state index contributed by atoms with van der Waals surface area (Å²) < 4.78 is 0. The van der Waals surface area contributed by atoms with Gasteiger partial charge in [0.1, 0.15) is 0 Å². The molecule has 1 rings (SSSR count). The van der Waals surface area contributed by atoms with Gasteiger partial charge in [0.2, 0.25) is 5.91 Å². The normalized spacial score (nSPS) is 13.6. The number of rotatable bonds is 6. The van der Waals surface area contributed by atoms with Gasteiger partial charge in [-0.25, -0.2) is 0 Å². The van der Waals surface area contributed by atoms with E-state index in [1.54, 1.807) is 13.8 Å². The lowest BCUT2D eigenvalue weighted by Gasteiger charge is -2.23. The number of aliphatic carboxylic acids is 1. The highest BCUT2D eigenvalue weighted by molar-refractivity contribution is 5.80. The molecule has 4 heteroatoms. The fourth-order valence-electron chi connectivity index (χ4n) is 1.60. The van der Waals surface area contributed by atoms with Crippen LogP contribution in [-0.4, -0.2) is 23.5 Å². The number of benzene rings is 1. The van der Waals surface area contributed by atoms with E-state index in [2.05, 4.69) is 5.32 Å². The number of nitrogens with one attached hydrogen (secondary N) is 1. The zero-order chi connectivity index (χ0) is 14.5. The quantitative estimate of drug-likeness (QED) is 0.826. The number of amides is 1. The molecule has 0 aliphatic rings. The second-order valence-electron chi connectivity index (χ2n) is 5.16. The van der Waals surface area contributed by atoms with Crippen molar-refractivity contribution in [2.45, 2.75) is 33.6 Å². The molecule has 1 unspecified atom stereocenters. The Morgan fingerprint density at radius 1 is 1.26 bits per heavy atom. The Bertz CT molecular complexity index is 453. The van der Waals surface area contributed by atoms with Crippen LogP contribution in [0.4, 0.5) is 0 Å². The summed E-state index contributed by atoms with van der Waals surface area (Å²) in [6.45, 7) is 5.59. The highest BCUT2D eigenvalue weighted by atomic mass is 16.4. The van der Waals surface area contributed by atoms with Crippen LogP contribution in [-0.2, 0) is 16.0 Å². The summed E-state index contributed by atoms with van der Waals surface area (Å²) in [5.41, 5.74) is 1.17. The van der Waals surface area contributed by atoms with Crippen molar-refractivity contribution >= 4 is 11.9 Å². The lowest BCUT2D eigenvalue weighted by molar-refractivity contribution is -0.148. The Kier molecular flexibility index (Phi) is 5.10. The average Bonchev–Trinajstić information content (AvgIpc) is 2.38. The van der Waals surface area contributed by atoms with Crippen LogP contribution in [0.1, 0.15) is 31.4 Å². The van der Waals surface area contributed by atoms with E-state index < -0.39 is 11.4 Å². The molecule has 0 aliphatic heterocycles. The fourth-order valence-corrected chi connectivity index (χ4v) is 1.60. The van der Waals surface area contributed by atoms with E-state index in [9.17, 15) is 9.59 Å². The van der Waals surface area contributed by atoms with Crippen molar-refractivity contribution in [3.8, 4) is 0 Å². The first kappa shape index (κ1) is 15.2. The van der Waals surface area contributed by atoms with Crippen LogP contribution in [0.15, 0.2) is 24.3 Å². The topological polar surface area (TPSA) is 66.4 Å². The van der Waals surface area contributed by atoms with E-state index in [1.165, 1.54) is 0 Å². The number of carboxylic acid groups (broad SMARTS) is 1. The predicted octanol–water partition coefficient (Wildman–Crippen LogP) is 2.15. The van der Waals surface area contributed by atoms with Crippen molar-refractivity contribution in [3.63, 3.8) is 0 Å².